The molecule has 4 nitrogen and oxygen atoms in total. The number of hydrogen-bond acceptors (Lipinski definition) is 2. The first-order chi connectivity index (χ1) is 9.72. The van der Waals surface area contributed by atoms with Crippen molar-refractivity contribution in [3.05, 3.63) is 29.8 Å². The van der Waals surface area contributed by atoms with Crippen LogP contribution in [0.25, 0.3) is 0 Å². The van der Waals surface area contributed by atoms with Crippen molar-refractivity contribution in [2.24, 2.45) is 4.99 Å². The summed E-state index contributed by atoms with van der Waals surface area (Å²) in [6.45, 7) is 6.80. The first kappa shape index (κ1) is 16.3. The minimum absolute atomic E-state index is 0.780. The predicted molar refractivity (Wildman–Crippen MR) is 85.3 cm³/mol. The van der Waals surface area contributed by atoms with Crippen LogP contribution >= 0.6 is 0 Å². The summed E-state index contributed by atoms with van der Waals surface area (Å²) in [6, 6.07) is 8.10. The van der Waals surface area contributed by atoms with E-state index in [9.17, 15) is 0 Å². The summed E-state index contributed by atoms with van der Waals surface area (Å²) in [5, 5.41) is 3.33. The zero-order chi connectivity index (χ0) is 14.8. The Balaban J connectivity index is 2.74. The van der Waals surface area contributed by atoms with Gasteiger partial charge in [-0.2, -0.15) is 0 Å². The fraction of sp³-hybridized carbons (Fsp3) is 0.562. The second-order valence-corrected chi connectivity index (χ2v) is 4.76. The lowest BCUT2D eigenvalue weighted by Crippen LogP contribution is -2.38. The van der Waals surface area contributed by atoms with E-state index in [-0.39, 0.29) is 0 Å². The number of rotatable bonds is 7. The van der Waals surface area contributed by atoms with Crippen LogP contribution in [0, 0.1) is 0 Å². The van der Waals surface area contributed by atoms with Gasteiger partial charge < -0.3 is 15.0 Å². The second-order valence-electron chi connectivity index (χ2n) is 4.76. The number of para-hydroxylation sites is 1. The summed E-state index contributed by atoms with van der Waals surface area (Å²) in [4.78, 5) is 6.78. The van der Waals surface area contributed by atoms with E-state index in [0.29, 0.717) is 0 Å². The molecule has 0 aliphatic carbocycles. The van der Waals surface area contributed by atoms with Crippen molar-refractivity contribution in [1.82, 2.24) is 10.2 Å². The Bertz CT molecular complexity index is 418. The van der Waals surface area contributed by atoms with Crippen molar-refractivity contribution >= 4 is 5.96 Å². The number of guanidine groups is 1. The number of nitrogens with zero attached hydrogens (tertiary/aromatic N) is 2. The average Bonchev–Trinajstić information content (AvgIpc) is 2.47. The summed E-state index contributed by atoms with van der Waals surface area (Å²) in [5.41, 5.74) is 1.17. The van der Waals surface area contributed by atoms with Crippen molar-refractivity contribution in [3.8, 4) is 5.75 Å². The molecule has 0 amide bonds. The van der Waals surface area contributed by atoms with E-state index in [1.807, 2.05) is 18.2 Å². The Morgan fingerprint density at radius 3 is 2.70 bits per heavy atom. The molecule has 0 unspecified atom stereocenters. The molecule has 1 N–H and O–H groups in total. The molecule has 1 aromatic carbocycles. The molecular formula is C16H27N3O. The van der Waals surface area contributed by atoms with E-state index < -0.39 is 0 Å². The molecule has 4 heteroatoms. The minimum atomic E-state index is 0.780. The summed E-state index contributed by atoms with van der Waals surface area (Å²) in [7, 11) is 3.76. The van der Waals surface area contributed by atoms with Gasteiger partial charge in [-0.1, -0.05) is 31.5 Å². The van der Waals surface area contributed by atoms with Crippen LogP contribution in [0.5, 0.6) is 5.75 Å². The van der Waals surface area contributed by atoms with Crippen LogP contribution in [-0.4, -0.2) is 38.1 Å². The summed E-state index contributed by atoms with van der Waals surface area (Å²) in [5.74, 6) is 1.87. The lowest BCUT2D eigenvalue weighted by atomic mass is 10.2. The van der Waals surface area contributed by atoms with Gasteiger partial charge in [-0.3, -0.25) is 4.99 Å². The summed E-state index contributed by atoms with van der Waals surface area (Å²) < 4.78 is 5.40. The number of hydrogen-bond donors (Lipinski definition) is 1. The lowest BCUT2D eigenvalue weighted by molar-refractivity contribution is 0.396. The molecule has 1 aromatic rings. The van der Waals surface area contributed by atoms with Gasteiger partial charge in [-0.05, 0) is 19.4 Å². The monoisotopic (exact) mass is 277 g/mol. The van der Waals surface area contributed by atoms with Crippen molar-refractivity contribution < 1.29 is 4.74 Å². The Kier molecular flexibility index (Phi) is 7.55. The normalized spacial score (nSPS) is 11.3. The maximum Gasteiger partial charge on any atom is 0.193 e. The molecule has 0 saturated heterocycles. The van der Waals surface area contributed by atoms with Gasteiger partial charge >= 0.3 is 0 Å². The maximum atomic E-state index is 5.40. The predicted octanol–water partition coefficient (Wildman–Crippen LogP) is 2.89. The van der Waals surface area contributed by atoms with Crippen molar-refractivity contribution in [2.45, 2.75) is 33.2 Å². The van der Waals surface area contributed by atoms with Crippen LogP contribution in [0.1, 0.15) is 32.3 Å². The average molecular weight is 277 g/mol. The topological polar surface area (TPSA) is 36.9 Å². The van der Waals surface area contributed by atoms with Crippen molar-refractivity contribution in [2.75, 3.05) is 27.2 Å². The quantitative estimate of drug-likeness (QED) is 0.473. The summed E-state index contributed by atoms with van der Waals surface area (Å²) >= 11 is 0. The molecule has 1 rings (SSSR count). The van der Waals surface area contributed by atoms with Gasteiger partial charge in [0.25, 0.3) is 0 Å². The number of ether oxygens (including phenoxy) is 1. The van der Waals surface area contributed by atoms with Gasteiger partial charge in [0.15, 0.2) is 5.96 Å². The zero-order valence-corrected chi connectivity index (χ0v) is 13.1. The van der Waals surface area contributed by atoms with Gasteiger partial charge in [0.2, 0.25) is 0 Å². The number of unbranched alkanes of at least 4 members (excludes halogenated alkanes) is 1. The molecule has 0 saturated carbocycles. The first-order valence-corrected chi connectivity index (χ1v) is 7.34. The first-order valence-electron chi connectivity index (χ1n) is 7.34. The molecule has 0 heterocycles. The zero-order valence-electron chi connectivity index (χ0n) is 13.1. The lowest BCUT2D eigenvalue weighted by Gasteiger charge is -2.23. The Morgan fingerprint density at radius 1 is 1.30 bits per heavy atom. The fourth-order valence-electron chi connectivity index (χ4n) is 1.98. The Morgan fingerprint density at radius 2 is 2.05 bits per heavy atom. The Labute approximate surface area is 122 Å². The molecule has 0 aliphatic heterocycles. The summed E-state index contributed by atoms with van der Waals surface area (Å²) in [6.07, 6.45) is 2.29. The van der Waals surface area contributed by atoms with E-state index in [1.54, 1.807) is 7.11 Å². The van der Waals surface area contributed by atoms with E-state index in [0.717, 1.165) is 37.8 Å². The fourth-order valence-corrected chi connectivity index (χ4v) is 1.98. The van der Waals surface area contributed by atoms with Crippen molar-refractivity contribution in [1.29, 1.82) is 0 Å². The van der Waals surface area contributed by atoms with Crippen LogP contribution in [-0.2, 0) is 6.54 Å². The van der Waals surface area contributed by atoms with Gasteiger partial charge in [0, 0.05) is 32.2 Å². The molecule has 0 atom stereocenters. The van der Waals surface area contributed by atoms with Crippen LogP contribution in [0.4, 0.5) is 0 Å². The van der Waals surface area contributed by atoms with Crippen LogP contribution in [0.2, 0.25) is 0 Å². The number of nitrogens with one attached hydrogen (secondary N) is 1. The van der Waals surface area contributed by atoms with Gasteiger partial charge in [-0.15, -0.1) is 0 Å². The minimum Gasteiger partial charge on any atom is -0.496 e. The third kappa shape index (κ3) is 5.11. The smallest absolute Gasteiger partial charge is 0.193 e. The second kappa shape index (κ2) is 9.23. The Hall–Kier alpha value is -1.71. The molecule has 0 spiro atoms. The van der Waals surface area contributed by atoms with Crippen molar-refractivity contribution in [3.63, 3.8) is 0 Å². The number of methoxy groups -OCH3 is 1. The molecule has 0 bridgehead atoms. The van der Waals surface area contributed by atoms with Gasteiger partial charge in [0.1, 0.15) is 5.75 Å². The highest BCUT2D eigenvalue weighted by Crippen LogP contribution is 2.18. The number of benzene rings is 1. The highest BCUT2D eigenvalue weighted by molar-refractivity contribution is 5.79. The molecule has 112 valence electrons. The van der Waals surface area contributed by atoms with E-state index in [2.05, 4.69) is 42.2 Å². The highest BCUT2D eigenvalue weighted by atomic mass is 16.5. The molecule has 20 heavy (non-hydrogen) atoms. The molecule has 0 aromatic heterocycles. The maximum absolute atomic E-state index is 5.40. The SMILES string of the molecule is CCCCN=C(NCC)N(C)Cc1ccccc1OC. The molecule has 0 fully saturated rings. The number of aliphatic imine (C=N–C) groups is 1. The van der Waals surface area contributed by atoms with E-state index >= 15 is 0 Å². The van der Waals surface area contributed by atoms with E-state index in [1.165, 1.54) is 12.0 Å². The van der Waals surface area contributed by atoms with E-state index in [4.69, 9.17) is 4.74 Å². The van der Waals surface area contributed by atoms with Crippen LogP contribution in [0.15, 0.2) is 29.3 Å². The highest BCUT2D eigenvalue weighted by Gasteiger charge is 2.09. The molecule has 0 radical (unpaired) electrons. The standard InChI is InChI=1S/C16H27N3O/c1-5-7-12-18-16(17-6-2)19(3)13-14-10-8-9-11-15(14)20-4/h8-11H,5-7,12-13H2,1-4H3,(H,17,18). The third-order valence-corrected chi connectivity index (χ3v) is 3.07. The van der Waals surface area contributed by atoms with Crippen LogP contribution < -0.4 is 10.1 Å². The molecular weight excluding hydrogens is 250 g/mol. The van der Waals surface area contributed by atoms with Gasteiger partial charge in [0.05, 0.1) is 7.11 Å². The third-order valence-electron chi connectivity index (χ3n) is 3.07. The van der Waals surface area contributed by atoms with Crippen LogP contribution in [0.3, 0.4) is 0 Å². The largest absolute Gasteiger partial charge is 0.496 e. The molecule has 0 aliphatic rings. The van der Waals surface area contributed by atoms with Gasteiger partial charge in [-0.25, -0.2) is 0 Å².